The average molecular weight is 300 g/mol. The number of rotatable bonds is 7. The van der Waals surface area contributed by atoms with E-state index in [-0.39, 0.29) is 18.4 Å². The number of amides is 1. The largest absolute Gasteiger partial charge is 0.378 e. The lowest BCUT2D eigenvalue weighted by atomic mass is 10.3. The van der Waals surface area contributed by atoms with Crippen LogP contribution in [0.15, 0.2) is 24.3 Å². The third-order valence-electron chi connectivity index (χ3n) is 2.25. The van der Waals surface area contributed by atoms with E-state index < -0.39 is 10.0 Å². The molecule has 0 bridgehead atoms. The highest BCUT2D eigenvalue weighted by Crippen LogP contribution is 2.14. The van der Waals surface area contributed by atoms with Gasteiger partial charge in [0.1, 0.15) is 0 Å². The molecular weight excluding hydrogens is 280 g/mol. The molecule has 0 spiro atoms. The minimum absolute atomic E-state index is 0.101. The lowest BCUT2D eigenvalue weighted by Crippen LogP contribution is -2.16. The predicted molar refractivity (Wildman–Crippen MR) is 79.2 cm³/mol. The zero-order chi connectivity index (χ0) is 15.2. The van der Waals surface area contributed by atoms with Crippen LogP contribution in [0.4, 0.5) is 11.4 Å². The monoisotopic (exact) mass is 300 g/mol. The molecule has 0 heterocycles. The van der Waals surface area contributed by atoms with Crippen molar-refractivity contribution in [1.29, 1.82) is 0 Å². The van der Waals surface area contributed by atoms with Gasteiger partial charge in [0, 0.05) is 11.4 Å². The fraction of sp³-hybridized carbons (Fsp3) is 0.462. The number of carbonyl (C=O) groups excluding carboxylic acids is 1. The number of anilines is 2. The molecule has 0 fully saturated rings. The zero-order valence-corrected chi connectivity index (χ0v) is 12.7. The summed E-state index contributed by atoms with van der Waals surface area (Å²) in [4.78, 5) is 11.6. The lowest BCUT2D eigenvalue weighted by molar-refractivity contribution is -0.117. The van der Waals surface area contributed by atoms with Gasteiger partial charge in [0.15, 0.2) is 0 Å². The van der Waals surface area contributed by atoms with E-state index in [2.05, 4.69) is 10.0 Å². The summed E-state index contributed by atoms with van der Waals surface area (Å²) in [6.45, 7) is 4.19. The maximum absolute atomic E-state index is 11.6. The first-order valence-electron chi connectivity index (χ1n) is 6.25. The summed E-state index contributed by atoms with van der Waals surface area (Å²) in [6.07, 6.45) is 1.46. The number of sulfonamides is 1. The van der Waals surface area contributed by atoms with Crippen molar-refractivity contribution in [3.63, 3.8) is 0 Å². The number of nitrogens with one attached hydrogen (secondary N) is 2. The van der Waals surface area contributed by atoms with Crippen LogP contribution < -0.4 is 10.0 Å². The molecule has 1 rings (SSSR count). The van der Waals surface area contributed by atoms with E-state index in [9.17, 15) is 13.2 Å². The Kier molecular flexibility index (Phi) is 5.97. The Morgan fingerprint density at radius 2 is 1.75 bits per heavy atom. The molecule has 0 unspecified atom stereocenters. The van der Waals surface area contributed by atoms with Crippen LogP contribution in [0.25, 0.3) is 0 Å². The molecule has 0 aliphatic rings. The highest BCUT2D eigenvalue weighted by molar-refractivity contribution is 7.92. The van der Waals surface area contributed by atoms with Crippen molar-refractivity contribution in [3.05, 3.63) is 24.3 Å². The van der Waals surface area contributed by atoms with Gasteiger partial charge in [-0.25, -0.2) is 8.42 Å². The van der Waals surface area contributed by atoms with E-state index >= 15 is 0 Å². The number of hydrogen-bond acceptors (Lipinski definition) is 4. The van der Waals surface area contributed by atoms with Crippen LogP contribution in [0.3, 0.4) is 0 Å². The Labute approximate surface area is 119 Å². The van der Waals surface area contributed by atoms with Gasteiger partial charge in [-0.05, 0) is 38.1 Å². The van der Waals surface area contributed by atoms with E-state index in [0.717, 1.165) is 6.26 Å². The van der Waals surface area contributed by atoms with Crippen molar-refractivity contribution < 1.29 is 17.9 Å². The van der Waals surface area contributed by atoms with Crippen LogP contribution in [0.2, 0.25) is 0 Å². The van der Waals surface area contributed by atoms with Crippen LogP contribution in [-0.2, 0) is 19.6 Å². The third-order valence-corrected chi connectivity index (χ3v) is 2.86. The summed E-state index contributed by atoms with van der Waals surface area (Å²) in [5.74, 6) is -0.144. The van der Waals surface area contributed by atoms with Crippen LogP contribution in [0.1, 0.15) is 20.3 Å². The van der Waals surface area contributed by atoms with Gasteiger partial charge in [-0.2, -0.15) is 0 Å². The van der Waals surface area contributed by atoms with Gasteiger partial charge < -0.3 is 10.1 Å². The van der Waals surface area contributed by atoms with Crippen LogP contribution in [-0.4, -0.2) is 33.3 Å². The quantitative estimate of drug-likeness (QED) is 0.804. The normalized spacial score (nSPS) is 11.4. The minimum atomic E-state index is -3.29. The maximum atomic E-state index is 11.6. The van der Waals surface area contributed by atoms with E-state index in [1.165, 1.54) is 0 Å². The third kappa shape index (κ3) is 7.10. The van der Waals surface area contributed by atoms with E-state index in [1.807, 2.05) is 13.8 Å². The summed E-state index contributed by atoms with van der Waals surface area (Å²) in [7, 11) is -3.29. The zero-order valence-electron chi connectivity index (χ0n) is 11.8. The standard InChI is InChI=1S/C13H20N2O4S/c1-10(2)19-9-8-13(16)14-11-4-6-12(7-5-11)15-20(3,17)18/h4-7,10,15H,8-9H2,1-3H3,(H,14,16). The van der Waals surface area contributed by atoms with E-state index in [4.69, 9.17) is 4.74 Å². The van der Waals surface area contributed by atoms with Gasteiger partial charge in [0.05, 0.1) is 25.4 Å². The first-order chi connectivity index (χ1) is 9.26. The molecule has 2 N–H and O–H groups in total. The van der Waals surface area contributed by atoms with Crippen LogP contribution in [0, 0.1) is 0 Å². The van der Waals surface area contributed by atoms with Crippen LogP contribution in [0.5, 0.6) is 0 Å². The van der Waals surface area contributed by atoms with Gasteiger partial charge in [-0.1, -0.05) is 0 Å². The molecule has 0 aromatic heterocycles. The molecule has 0 aliphatic carbocycles. The van der Waals surface area contributed by atoms with E-state index in [1.54, 1.807) is 24.3 Å². The van der Waals surface area contributed by atoms with Crippen molar-refractivity contribution in [2.24, 2.45) is 0 Å². The highest BCUT2D eigenvalue weighted by atomic mass is 32.2. The first-order valence-corrected chi connectivity index (χ1v) is 8.15. The van der Waals surface area contributed by atoms with E-state index in [0.29, 0.717) is 18.0 Å². The Morgan fingerprint density at radius 1 is 1.20 bits per heavy atom. The Morgan fingerprint density at radius 3 is 2.25 bits per heavy atom. The maximum Gasteiger partial charge on any atom is 0.229 e. The number of benzene rings is 1. The molecule has 1 aromatic rings. The second kappa shape index (κ2) is 7.25. The van der Waals surface area contributed by atoms with Crippen molar-refractivity contribution in [3.8, 4) is 0 Å². The Balaban J connectivity index is 2.47. The van der Waals surface area contributed by atoms with Gasteiger partial charge >= 0.3 is 0 Å². The summed E-state index contributed by atoms with van der Waals surface area (Å²) in [6, 6.07) is 6.44. The fourth-order valence-corrected chi connectivity index (χ4v) is 2.01. The molecule has 0 aliphatic heterocycles. The Hall–Kier alpha value is -1.60. The molecule has 6 nitrogen and oxygen atoms in total. The molecule has 0 saturated heterocycles. The van der Waals surface area contributed by atoms with Crippen molar-refractivity contribution in [1.82, 2.24) is 0 Å². The molecule has 1 amide bonds. The first kappa shape index (κ1) is 16.5. The van der Waals surface area contributed by atoms with Crippen molar-refractivity contribution >= 4 is 27.3 Å². The summed E-state index contributed by atoms with van der Waals surface area (Å²) in [5, 5.41) is 2.71. The topological polar surface area (TPSA) is 84.5 Å². The predicted octanol–water partition coefficient (Wildman–Crippen LogP) is 1.81. The molecule has 1 aromatic carbocycles. The fourth-order valence-electron chi connectivity index (χ4n) is 1.45. The summed E-state index contributed by atoms with van der Waals surface area (Å²) in [5.41, 5.74) is 1.06. The van der Waals surface area contributed by atoms with Crippen molar-refractivity contribution in [2.75, 3.05) is 22.9 Å². The summed E-state index contributed by atoms with van der Waals surface area (Å²) < 4.78 is 29.7. The molecule has 0 radical (unpaired) electrons. The van der Waals surface area contributed by atoms with Gasteiger partial charge in [-0.3, -0.25) is 9.52 Å². The van der Waals surface area contributed by atoms with Gasteiger partial charge in [0.2, 0.25) is 15.9 Å². The Bertz CT molecular complexity index is 538. The second-order valence-electron chi connectivity index (χ2n) is 4.67. The number of hydrogen-bond donors (Lipinski definition) is 2. The molecule has 7 heteroatoms. The lowest BCUT2D eigenvalue weighted by Gasteiger charge is -2.09. The highest BCUT2D eigenvalue weighted by Gasteiger charge is 2.05. The second-order valence-corrected chi connectivity index (χ2v) is 6.42. The number of carbonyl (C=O) groups is 1. The van der Waals surface area contributed by atoms with Crippen LogP contribution >= 0.6 is 0 Å². The molecule has 20 heavy (non-hydrogen) atoms. The smallest absolute Gasteiger partial charge is 0.229 e. The summed E-state index contributed by atoms with van der Waals surface area (Å²) >= 11 is 0. The molecule has 0 atom stereocenters. The van der Waals surface area contributed by atoms with Crippen molar-refractivity contribution in [2.45, 2.75) is 26.4 Å². The SMILES string of the molecule is CC(C)OCCC(=O)Nc1ccc(NS(C)(=O)=O)cc1. The molecular formula is C13H20N2O4S. The molecule has 112 valence electrons. The minimum Gasteiger partial charge on any atom is -0.378 e. The van der Waals surface area contributed by atoms with Gasteiger partial charge in [0.25, 0.3) is 0 Å². The average Bonchev–Trinajstić information content (AvgIpc) is 2.29. The number of ether oxygens (including phenoxy) is 1. The van der Waals surface area contributed by atoms with Gasteiger partial charge in [-0.15, -0.1) is 0 Å². The molecule has 0 saturated carbocycles.